The molecule has 0 aliphatic heterocycles. The van der Waals surface area contributed by atoms with E-state index in [1.165, 1.54) is 19.2 Å². The van der Waals surface area contributed by atoms with Crippen LogP contribution < -0.4 is 9.46 Å². The molecule has 1 heterocycles. The first-order chi connectivity index (χ1) is 9.03. The molecule has 0 bridgehead atoms. The highest BCUT2D eigenvalue weighted by Crippen LogP contribution is 2.20. The third-order valence-electron chi connectivity index (χ3n) is 2.62. The number of aromatic nitrogens is 1. The lowest BCUT2D eigenvalue weighted by Crippen LogP contribution is -2.14. The van der Waals surface area contributed by atoms with Crippen LogP contribution in [0.5, 0.6) is 5.75 Å². The first-order valence-corrected chi connectivity index (χ1v) is 7.10. The maximum absolute atomic E-state index is 12.2. The number of benzene rings is 1. The Bertz CT molecular complexity index is 667. The van der Waals surface area contributed by atoms with Crippen molar-refractivity contribution in [1.29, 1.82) is 0 Å². The van der Waals surface area contributed by atoms with Gasteiger partial charge in [0.25, 0.3) is 10.0 Å². The maximum Gasteiger partial charge on any atom is 0.261 e. The van der Waals surface area contributed by atoms with E-state index < -0.39 is 10.0 Å². The van der Waals surface area contributed by atoms with E-state index >= 15 is 0 Å². The van der Waals surface area contributed by atoms with Gasteiger partial charge in [0.2, 0.25) is 0 Å². The highest BCUT2D eigenvalue weighted by atomic mass is 32.2. The van der Waals surface area contributed by atoms with E-state index in [-0.39, 0.29) is 4.90 Å². The topological polar surface area (TPSA) is 68.3 Å². The number of hydrogen-bond acceptors (Lipinski definition) is 4. The summed E-state index contributed by atoms with van der Waals surface area (Å²) in [6.07, 6.45) is 1.61. The van der Waals surface area contributed by atoms with Gasteiger partial charge in [-0.2, -0.15) is 0 Å². The number of pyridine rings is 1. The quantitative estimate of drug-likeness (QED) is 0.931. The molecule has 0 atom stereocenters. The van der Waals surface area contributed by atoms with Crippen LogP contribution in [0.25, 0.3) is 0 Å². The normalized spacial score (nSPS) is 11.1. The Morgan fingerprint density at radius 2 is 1.84 bits per heavy atom. The van der Waals surface area contributed by atoms with Crippen molar-refractivity contribution in [3.05, 3.63) is 48.3 Å². The first kappa shape index (κ1) is 13.4. The summed E-state index contributed by atoms with van der Waals surface area (Å²) >= 11 is 0. The van der Waals surface area contributed by atoms with Crippen LogP contribution in [0, 0.1) is 6.92 Å². The standard InChI is InChI=1S/C13H14N2O3S/c1-10-13(4-3-9-14-10)15-19(16,17)12-7-5-11(18-2)6-8-12/h3-9,15H,1-2H3. The summed E-state index contributed by atoms with van der Waals surface area (Å²) in [4.78, 5) is 4.21. The zero-order valence-electron chi connectivity index (χ0n) is 10.6. The molecule has 6 heteroatoms. The summed E-state index contributed by atoms with van der Waals surface area (Å²) in [7, 11) is -2.08. The van der Waals surface area contributed by atoms with Crippen LogP contribution in [0.2, 0.25) is 0 Å². The number of rotatable bonds is 4. The minimum absolute atomic E-state index is 0.177. The molecule has 2 rings (SSSR count). The highest BCUT2D eigenvalue weighted by Gasteiger charge is 2.15. The van der Waals surface area contributed by atoms with Crippen molar-refractivity contribution in [1.82, 2.24) is 4.98 Å². The van der Waals surface area contributed by atoms with Gasteiger partial charge in [-0.15, -0.1) is 0 Å². The number of nitrogens with one attached hydrogen (secondary N) is 1. The van der Waals surface area contributed by atoms with Gasteiger partial charge in [0.1, 0.15) is 5.75 Å². The lowest BCUT2D eigenvalue weighted by atomic mass is 10.3. The number of ether oxygens (including phenoxy) is 1. The van der Waals surface area contributed by atoms with Gasteiger partial charge in [-0.1, -0.05) is 0 Å². The average molecular weight is 278 g/mol. The minimum atomic E-state index is -3.61. The molecule has 2 aromatic rings. The third kappa shape index (κ3) is 3.03. The molecule has 100 valence electrons. The molecule has 19 heavy (non-hydrogen) atoms. The highest BCUT2D eigenvalue weighted by molar-refractivity contribution is 7.92. The third-order valence-corrected chi connectivity index (χ3v) is 4.00. The summed E-state index contributed by atoms with van der Waals surface area (Å²) in [5.41, 5.74) is 1.10. The van der Waals surface area contributed by atoms with Crippen LogP contribution in [-0.4, -0.2) is 20.5 Å². The van der Waals surface area contributed by atoms with Crippen molar-refractivity contribution in [2.24, 2.45) is 0 Å². The summed E-state index contributed by atoms with van der Waals surface area (Å²) in [6.45, 7) is 1.74. The molecule has 0 aliphatic carbocycles. The molecule has 5 nitrogen and oxygen atoms in total. The van der Waals surface area contributed by atoms with Crippen LogP contribution in [0.15, 0.2) is 47.5 Å². The van der Waals surface area contributed by atoms with E-state index in [0.717, 1.165) is 0 Å². The lowest BCUT2D eigenvalue weighted by molar-refractivity contribution is 0.414. The Morgan fingerprint density at radius 1 is 1.16 bits per heavy atom. The molecule has 0 radical (unpaired) electrons. The summed E-state index contributed by atoms with van der Waals surface area (Å²) in [6, 6.07) is 9.54. The van der Waals surface area contributed by atoms with Gasteiger partial charge in [0.15, 0.2) is 0 Å². The fourth-order valence-electron chi connectivity index (χ4n) is 1.55. The molecular weight excluding hydrogens is 264 g/mol. The Balaban J connectivity index is 2.30. The first-order valence-electron chi connectivity index (χ1n) is 5.61. The van der Waals surface area contributed by atoms with Crippen LogP contribution in [0.3, 0.4) is 0 Å². The molecule has 0 saturated carbocycles. The zero-order valence-corrected chi connectivity index (χ0v) is 11.4. The van der Waals surface area contributed by atoms with Crippen molar-refractivity contribution < 1.29 is 13.2 Å². The summed E-state index contributed by atoms with van der Waals surface area (Å²) in [5.74, 6) is 0.608. The molecule has 0 aliphatic rings. The zero-order chi connectivity index (χ0) is 13.9. The molecular formula is C13H14N2O3S. The van der Waals surface area contributed by atoms with Crippen molar-refractivity contribution in [2.75, 3.05) is 11.8 Å². The van der Waals surface area contributed by atoms with Crippen LogP contribution in [0.4, 0.5) is 5.69 Å². The Hall–Kier alpha value is -2.08. The molecule has 0 spiro atoms. The number of nitrogens with zero attached hydrogens (tertiary/aromatic N) is 1. The van der Waals surface area contributed by atoms with Gasteiger partial charge >= 0.3 is 0 Å². The Morgan fingerprint density at radius 3 is 2.42 bits per heavy atom. The second-order valence-corrected chi connectivity index (χ2v) is 5.60. The molecule has 0 saturated heterocycles. The SMILES string of the molecule is COc1ccc(S(=O)(=O)Nc2cccnc2C)cc1. The molecule has 0 amide bonds. The lowest BCUT2D eigenvalue weighted by Gasteiger charge is -2.10. The Kier molecular flexibility index (Phi) is 3.71. The molecule has 1 aromatic carbocycles. The Labute approximate surface area is 112 Å². The van der Waals surface area contributed by atoms with E-state index in [4.69, 9.17) is 4.74 Å². The van der Waals surface area contributed by atoms with Crippen molar-refractivity contribution in [2.45, 2.75) is 11.8 Å². The average Bonchev–Trinajstić information content (AvgIpc) is 2.41. The largest absolute Gasteiger partial charge is 0.497 e. The van der Waals surface area contributed by atoms with Crippen molar-refractivity contribution in [3.63, 3.8) is 0 Å². The number of aryl methyl sites for hydroxylation is 1. The van der Waals surface area contributed by atoms with E-state index in [1.807, 2.05) is 0 Å². The molecule has 1 aromatic heterocycles. The predicted octanol–water partition coefficient (Wildman–Crippen LogP) is 2.20. The van der Waals surface area contributed by atoms with E-state index in [2.05, 4.69) is 9.71 Å². The monoisotopic (exact) mass is 278 g/mol. The van der Waals surface area contributed by atoms with Crippen LogP contribution >= 0.6 is 0 Å². The summed E-state index contributed by atoms with van der Waals surface area (Å²) in [5, 5.41) is 0. The van der Waals surface area contributed by atoms with E-state index in [1.54, 1.807) is 37.4 Å². The second-order valence-electron chi connectivity index (χ2n) is 3.92. The predicted molar refractivity (Wildman–Crippen MR) is 72.8 cm³/mol. The van der Waals surface area contributed by atoms with Gasteiger partial charge < -0.3 is 4.74 Å². The number of anilines is 1. The fourth-order valence-corrected chi connectivity index (χ4v) is 2.67. The molecule has 0 fully saturated rings. The smallest absolute Gasteiger partial charge is 0.261 e. The molecule has 0 unspecified atom stereocenters. The van der Waals surface area contributed by atoms with Gasteiger partial charge in [-0.25, -0.2) is 8.42 Å². The van der Waals surface area contributed by atoms with Gasteiger partial charge in [0, 0.05) is 6.20 Å². The van der Waals surface area contributed by atoms with Crippen LogP contribution in [0.1, 0.15) is 5.69 Å². The number of sulfonamides is 1. The summed E-state index contributed by atoms with van der Waals surface area (Å²) < 4.78 is 31.9. The minimum Gasteiger partial charge on any atom is -0.497 e. The van der Waals surface area contributed by atoms with Gasteiger partial charge in [-0.3, -0.25) is 9.71 Å². The van der Waals surface area contributed by atoms with Gasteiger partial charge in [0.05, 0.1) is 23.4 Å². The van der Waals surface area contributed by atoms with E-state index in [9.17, 15) is 8.42 Å². The van der Waals surface area contributed by atoms with Crippen molar-refractivity contribution >= 4 is 15.7 Å². The number of methoxy groups -OCH3 is 1. The van der Waals surface area contributed by atoms with Crippen LogP contribution in [-0.2, 0) is 10.0 Å². The molecule has 1 N–H and O–H groups in total. The second kappa shape index (κ2) is 5.27. The van der Waals surface area contributed by atoms with Crippen molar-refractivity contribution in [3.8, 4) is 5.75 Å². The fraction of sp³-hybridized carbons (Fsp3) is 0.154. The van der Waals surface area contributed by atoms with Gasteiger partial charge in [-0.05, 0) is 43.3 Å². The maximum atomic E-state index is 12.2. The van der Waals surface area contributed by atoms with E-state index in [0.29, 0.717) is 17.1 Å². The number of hydrogen-bond donors (Lipinski definition) is 1.